The molecule has 2 saturated heterocycles. The Balaban J connectivity index is 1.33. The fourth-order valence-electron chi connectivity index (χ4n) is 4.43. The fourth-order valence-corrected chi connectivity index (χ4v) is 4.43. The number of ether oxygens (including phenoxy) is 2. The summed E-state index contributed by atoms with van der Waals surface area (Å²) in [4.78, 5) is 38.1. The van der Waals surface area contributed by atoms with Crippen LogP contribution >= 0.6 is 0 Å². The van der Waals surface area contributed by atoms with Crippen molar-refractivity contribution >= 4 is 24.0 Å². The van der Waals surface area contributed by atoms with Crippen molar-refractivity contribution < 1.29 is 23.5 Å². The summed E-state index contributed by atoms with van der Waals surface area (Å²) in [6.45, 7) is 14.9. The van der Waals surface area contributed by atoms with Crippen molar-refractivity contribution in [2.45, 2.75) is 65.3 Å². The number of carbonyl (C=O) groups is 2. The predicted molar refractivity (Wildman–Crippen MR) is 141 cm³/mol. The Hall–Kier alpha value is -3.47. The fraction of sp³-hybridized carbons (Fsp3) is 0.556. The van der Waals surface area contributed by atoms with Gasteiger partial charge in [-0.05, 0) is 52.7 Å². The molecule has 2 fully saturated rings. The molecule has 2 aliphatic rings. The van der Waals surface area contributed by atoms with Gasteiger partial charge >= 0.3 is 12.2 Å². The zero-order valence-electron chi connectivity index (χ0n) is 23.0. The number of hydrogen-bond donors (Lipinski definition) is 1. The van der Waals surface area contributed by atoms with Crippen LogP contribution in [0.2, 0.25) is 0 Å². The number of nitrogens with zero attached hydrogens (tertiary/aromatic N) is 5. The number of piperazine rings is 1. The molecule has 1 N–H and O–H groups in total. The highest BCUT2D eigenvalue weighted by Crippen LogP contribution is 2.31. The van der Waals surface area contributed by atoms with Gasteiger partial charge < -0.3 is 19.7 Å². The molecule has 0 aliphatic carbocycles. The number of halogens is 1. The number of hydrogen-bond acceptors (Lipinski definition) is 8. The highest BCUT2D eigenvalue weighted by atomic mass is 19.1. The lowest BCUT2D eigenvalue weighted by Gasteiger charge is -2.35. The Morgan fingerprint density at radius 1 is 1.18 bits per heavy atom. The second-order valence-corrected chi connectivity index (χ2v) is 11.4. The van der Waals surface area contributed by atoms with E-state index in [4.69, 9.17) is 9.47 Å². The monoisotopic (exact) mass is 528 g/mol. The molecule has 2 amide bonds. The summed E-state index contributed by atoms with van der Waals surface area (Å²) in [6.07, 6.45) is 0.169. The lowest BCUT2D eigenvalue weighted by molar-refractivity contribution is 0.0139. The molecule has 0 radical (unpaired) electrons. The number of rotatable bonds is 6. The van der Waals surface area contributed by atoms with Crippen LogP contribution in [0.5, 0.6) is 0 Å². The van der Waals surface area contributed by atoms with Crippen LogP contribution in [-0.4, -0.2) is 75.9 Å². The summed E-state index contributed by atoms with van der Waals surface area (Å²) < 4.78 is 25.1. The SMILES string of the molecule is C[C@H](Nc1ncc(F)c(N2C(=O)OCC2(C)C)n1)c1ccc(CN2CCN(C(=O)OC(C)(C)C)CC2)cc1. The van der Waals surface area contributed by atoms with Crippen LogP contribution in [-0.2, 0) is 16.0 Å². The van der Waals surface area contributed by atoms with E-state index in [2.05, 4.69) is 32.3 Å². The first-order chi connectivity index (χ1) is 17.8. The molecule has 2 aromatic rings. The van der Waals surface area contributed by atoms with Gasteiger partial charge in [0.25, 0.3) is 0 Å². The van der Waals surface area contributed by atoms with E-state index in [9.17, 15) is 14.0 Å². The van der Waals surface area contributed by atoms with E-state index >= 15 is 0 Å². The molecular weight excluding hydrogens is 491 g/mol. The molecule has 0 unspecified atom stereocenters. The van der Waals surface area contributed by atoms with Crippen LogP contribution in [0.15, 0.2) is 30.5 Å². The van der Waals surface area contributed by atoms with Crippen molar-refractivity contribution in [2.24, 2.45) is 0 Å². The van der Waals surface area contributed by atoms with Gasteiger partial charge in [0.05, 0.1) is 17.8 Å². The maximum absolute atomic E-state index is 14.5. The van der Waals surface area contributed by atoms with Crippen LogP contribution in [0.1, 0.15) is 58.7 Å². The van der Waals surface area contributed by atoms with Gasteiger partial charge in [-0.2, -0.15) is 4.98 Å². The van der Waals surface area contributed by atoms with Crippen molar-refractivity contribution in [3.05, 3.63) is 47.4 Å². The summed E-state index contributed by atoms with van der Waals surface area (Å²) in [6, 6.07) is 8.07. The Labute approximate surface area is 223 Å². The van der Waals surface area contributed by atoms with E-state index in [1.807, 2.05) is 39.8 Å². The number of nitrogens with one attached hydrogen (secondary N) is 1. The van der Waals surface area contributed by atoms with Gasteiger partial charge in [-0.25, -0.2) is 23.9 Å². The molecule has 38 heavy (non-hydrogen) atoms. The number of amides is 2. The third-order valence-electron chi connectivity index (χ3n) is 6.53. The van der Waals surface area contributed by atoms with E-state index in [0.717, 1.165) is 31.4 Å². The Kier molecular flexibility index (Phi) is 7.78. The summed E-state index contributed by atoms with van der Waals surface area (Å²) in [5, 5.41) is 3.20. The molecule has 0 spiro atoms. The summed E-state index contributed by atoms with van der Waals surface area (Å²) in [7, 11) is 0. The lowest BCUT2D eigenvalue weighted by Crippen LogP contribution is -2.49. The minimum Gasteiger partial charge on any atom is -0.447 e. The second kappa shape index (κ2) is 10.7. The third kappa shape index (κ3) is 6.50. The molecule has 206 valence electrons. The van der Waals surface area contributed by atoms with Gasteiger partial charge in [-0.1, -0.05) is 24.3 Å². The highest BCUT2D eigenvalue weighted by molar-refractivity contribution is 5.90. The molecule has 1 aromatic heterocycles. The van der Waals surface area contributed by atoms with E-state index in [-0.39, 0.29) is 30.5 Å². The van der Waals surface area contributed by atoms with Gasteiger partial charge in [0.1, 0.15) is 12.2 Å². The Morgan fingerprint density at radius 2 is 1.84 bits per heavy atom. The van der Waals surface area contributed by atoms with Crippen molar-refractivity contribution in [1.29, 1.82) is 0 Å². The molecule has 10 nitrogen and oxygen atoms in total. The maximum Gasteiger partial charge on any atom is 0.416 e. The summed E-state index contributed by atoms with van der Waals surface area (Å²) >= 11 is 0. The topological polar surface area (TPSA) is 100 Å². The zero-order chi connectivity index (χ0) is 27.7. The van der Waals surface area contributed by atoms with Gasteiger partial charge in [0, 0.05) is 32.7 Å². The number of carbonyl (C=O) groups excluding carboxylic acids is 2. The van der Waals surface area contributed by atoms with Crippen LogP contribution in [0, 0.1) is 5.82 Å². The summed E-state index contributed by atoms with van der Waals surface area (Å²) in [5.74, 6) is -0.577. The van der Waals surface area contributed by atoms with Crippen molar-refractivity contribution in [3.8, 4) is 0 Å². The van der Waals surface area contributed by atoms with E-state index in [1.165, 1.54) is 10.5 Å². The quantitative estimate of drug-likeness (QED) is 0.582. The molecule has 2 aliphatic heterocycles. The molecule has 4 rings (SSSR count). The van der Waals surface area contributed by atoms with Crippen LogP contribution in [0.25, 0.3) is 0 Å². The van der Waals surface area contributed by atoms with E-state index in [1.54, 1.807) is 18.7 Å². The minimum absolute atomic E-state index is 0.107. The molecular formula is C27H37FN6O4. The highest BCUT2D eigenvalue weighted by Gasteiger charge is 2.43. The number of benzene rings is 1. The zero-order valence-corrected chi connectivity index (χ0v) is 23.0. The van der Waals surface area contributed by atoms with Crippen LogP contribution < -0.4 is 10.2 Å². The van der Waals surface area contributed by atoms with Gasteiger partial charge in [0.2, 0.25) is 5.95 Å². The first kappa shape index (κ1) is 27.6. The first-order valence-corrected chi connectivity index (χ1v) is 12.9. The van der Waals surface area contributed by atoms with Gasteiger partial charge in [0.15, 0.2) is 11.6 Å². The van der Waals surface area contributed by atoms with E-state index in [0.29, 0.717) is 13.1 Å². The summed E-state index contributed by atoms with van der Waals surface area (Å²) in [5.41, 5.74) is 0.972. The number of cyclic esters (lactones) is 1. The molecule has 0 bridgehead atoms. The Morgan fingerprint density at radius 3 is 2.42 bits per heavy atom. The van der Waals surface area contributed by atoms with Crippen molar-refractivity contribution in [2.75, 3.05) is 43.0 Å². The maximum atomic E-state index is 14.5. The van der Waals surface area contributed by atoms with Crippen molar-refractivity contribution in [1.82, 2.24) is 19.8 Å². The van der Waals surface area contributed by atoms with Crippen LogP contribution in [0.4, 0.5) is 25.7 Å². The molecule has 0 saturated carbocycles. The number of anilines is 2. The van der Waals surface area contributed by atoms with Crippen LogP contribution in [0.3, 0.4) is 0 Å². The second-order valence-electron chi connectivity index (χ2n) is 11.4. The predicted octanol–water partition coefficient (Wildman–Crippen LogP) is 4.58. The normalized spacial score (nSPS) is 18.8. The first-order valence-electron chi connectivity index (χ1n) is 12.9. The molecule has 1 atom stereocenters. The molecule has 1 aromatic carbocycles. The average Bonchev–Trinajstić information content (AvgIpc) is 3.12. The minimum atomic E-state index is -0.715. The molecule has 11 heteroatoms. The smallest absolute Gasteiger partial charge is 0.416 e. The lowest BCUT2D eigenvalue weighted by atomic mass is 10.1. The van der Waals surface area contributed by atoms with E-state index < -0.39 is 23.1 Å². The molecule has 3 heterocycles. The third-order valence-corrected chi connectivity index (χ3v) is 6.53. The standard InChI is InChI=1S/C27H37FN6O4/c1-18(30-23-29-15-21(28)22(31-23)34-25(36)37-17-27(34,5)6)20-9-7-19(8-10-20)16-32-11-13-33(14-12-32)24(35)38-26(2,3)4/h7-10,15,18H,11-14,16-17H2,1-6H3,(H,29,30,31)/t18-/m0/s1. The number of aromatic nitrogens is 2. The van der Waals surface area contributed by atoms with Gasteiger partial charge in [-0.3, -0.25) is 4.90 Å². The largest absolute Gasteiger partial charge is 0.447 e. The van der Waals surface area contributed by atoms with Gasteiger partial charge in [-0.15, -0.1) is 0 Å². The average molecular weight is 529 g/mol. The van der Waals surface area contributed by atoms with Crippen molar-refractivity contribution in [3.63, 3.8) is 0 Å². The Bertz CT molecular complexity index is 1160.